The number of benzene rings is 1. The van der Waals surface area contributed by atoms with Crippen LogP contribution in [0.5, 0.6) is 5.75 Å². The lowest BCUT2D eigenvalue weighted by atomic mass is 9.84. The normalized spacial score (nSPS) is 27.1. The predicted octanol–water partition coefficient (Wildman–Crippen LogP) is 4.30. The number of ether oxygens (including phenoxy) is 1. The van der Waals surface area contributed by atoms with Gasteiger partial charge in [-0.05, 0) is 67.1 Å². The molecule has 24 heavy (non-hydrogen) atoms. The Hall–Kier alpha value is -1.51. The van der Waals surface area contributed by atoms with Crippen LogP contribution in [0, 0.1) is 17.8 Å². The molecule has 0 saturated heterocycles. The van der Waals surface area contributed by atoms with Gasteiger partial charge in [0.25, 0.3) is 5.91 Å². The van der Waals surface area contributed by atoms with Crippen molar-refractivity contribution in [2.45, 2.75) is 64.8 Å². The van der Waals surface area contributed by atoms with Gasteiger partial charge in [0.2, 0.25) is 0 Å². The van der Waals surface area contributed by atoms with Crippen molar-refractivity contribution in [3.63, 3.8) is 0 Å². The molecule has 0 spiro atoms. The SMILES string of the molecule is C[C@H](NC(=O)COc1ccc(C(C)(C)C)cc1)[C@@H]1C[C@@H]2CC[C@@H]1C2. The van der Waals surface area contributed by atoms with Gasteiger partial charge >= 0.3 is 0 Å². The smallest absolute Gasteiger partial charge is 0.258 e. The molecule has 0 aromatic heterocycles. The summed E-state index contributed by atoms with van der Waals surface area (Å²) in [5, 5.41) is 3.15. The first-order valence-electron chi connectivity index (χ1n) is 9.35. The van der Waals surface area contributed by atoms with E-state index in [0.717, 1.165) is 17.6 Å². The third kappa shape index (κ3) is 3.93. The molecule has 0 aliphatic heterocycles. The van der Waals surface area contributed by atoms with Crippen molar-refractivity contribution in [1.29, 1.82) is 0 Å². The standard InChI is InChI=1S/C21H31NO2/c1-14(19-12-15-5-6-16(19)11-15)22-20(23)13-24-18-9-7-17(8-10-18)21(2,3)4/h7-10,14-16,19H,5-6,11-13H2,1-4H3,(H,22,23)/t14-,15+,16+,19-/m0/s1. The van der Waals surface area contributed by atoms with E-state index in [1.807, 2.05) is 12.1 Å². The molecule has 2 aliphatic carbocycles. The van der Waals surface area contributed by atoms with Crippen molar-refractivity contribution in [2.24, 2.45) is 17.8 Å². The molecule has 1 aromatic rings. The van der Waals surface area contributed by atoms with Crippen molar-refractivity contribution in [3.8, 4) is 5.75 Å². The third-order valence-electron chi connectivity index (χ3n) is 5.91. The number of hydrogen-bond acceptors (Lipinski definition) is 2. The molecule has 3 heteroatoms. The van der Waals surface area contributed by atoms with E-state index in [2.05, 4.69) is 45.1 Å². The third-order valence-corrected chi connectivity index (χ3v) is 5.91. The van der Waals surface area contributed by atoms with Gasteiger partial charge in [0, 0.05) is 6.04 Å². The maximum atomic E-state index is 12.2. The highest BCUT2D eigenvalue weighted by Gasteiger charge is 2.42. The Morgan fingerprint density at radius 3 is 2.46 bits per heavy atom. The van der Waals surface area contributed by atoms with Gasteiger partial charge in [-0.1, -0.05) is 39.3 Å². The van der Waals surface area contributed by atoms with Crippen LogP contribution < -0.4 is 10.1 Å². The second-order valence-electron chi connectivity index (χ2n) is 8.76. The largest absolute Gasteiger partial charge is 0.484 e. The molecule has 1 aromatic carbocycles. The summed E-state index contributed by atoms with van der Waals surface area (Å²) in [7, 11) is 0. The quantitative estimate of drug-likeness (QED) is 0.874. The Kier molecular flexibility index (Phi) is 4.89. The summed E-state index contributed by atoms with van der Waals surface area (Å²) in [4.78, 5) is 12.2. The predicted molar refractivity (Wildman–Crippen MR) is 97.2 cm³/mol. The molecule has 0 unspecified atom stereocenters. The van der Waals surface area contributed by atoms with E-state index in [1.54, 1.807) is 0 Å². The monoisotopic (exact) mass is 329 g/mol. The van der Waals surface area contributed by atoms with Crippen molar-refractivity contribution in [3.05, 3.63) is 29.8 Å². The fourth-order valence-electron chi connectivity index (χ4n) is 4.51. The van der Waals surface area contributed by atoms with Crippen LogP contribution in [-0.2, 0) is 10.2 Å². The van der Waals surface area contributed by atoms with E-state index < -0.39 is 0 Å². The lowest BCUT2D eigenvalue weighted by molar-refractivity contribution is -0.124. The fourth-order valence-corrected chi connectivity index (χ4v) is 4.51. The maximum Gasteiger partial charge on any atom is 0.258 e. The molecule has 4 atom stereocenters. The highest BCUT2D eigenvalue weighted by Crippen LogP contribution is 2.49. The zero-order valence-electron chi connectivity index (χ0n) is 15.5. The molecule has 0 heterocycles. The Balaban J connectivity index is 1.45. The highest BCUT2D eigenvalue weighted by molar-refractivity contribution is 5.77. The van der Waals surface area contributed by atoms with Gasteiger partial charge in [0.15, 0.2) is 6.61 Å². The second kappa shape index (κ2) is 6.78. The van der Waals surface area contributed by atoms with Crippen LogP contribution in [0.3, 0.4) is 0 Å². The first-order valence-corrected chi connectivity index (χ1v) is 9.35. The Morgan fingerprint density at radius 2 is 1.92 bits per heavy atom. The molecule has 1 amide bonds. The lowest BCUT2D eigenvalue weighted by Gasteiger charge is -2.28. The Morgan fingerprint density at radius 1 is 1.21 bits per heavy atom. The van der Waals surface area contributed by atoms with Gasteiger partial charge in [-0.2, -0.15) is 0 Å². The van der Waals surface area contributed by atoms with Gasteiger partial charge in [0.1, 0.15) is 5.75 Å². The summed E-state index contributed by atoms with van der Waals surface area (Å²) in [6, 6.07) is 8.32. The molecule has 2 bridgehead atoms. The molecule has 2 fully saturated rings. The first kappa shape index (κ1) is 17.3. The summed E-state index contributed by atoms with van der Waals surface area (Å²) < 4.78 is 5.65. The number of carbonyl (C=O) groups excluding carboxylic acids is 1. The van der Waals surface area contributed by atoms with Gasteiger partial charge in [0.05, 0.1) is 0 Å². The van der Waals surface area contributed by atoms with Crippen molar-refractivity contribution < 1.29 is 9.53 Å². The second-order valence-corrected chi connectivity index (χ2v) is 8.76. The summed E-state index contributed by atoms with van der Waals surface area (Å²) in [5.41, 5.74) is 1.40. The fraction of sp³-hybridized carbons (Fsp3) is 0.667. The molecule has 132 valence electrons. The minimum Gasteiger partial charge on any atom is -0.484 e. The van der Waals surface area contributed by atoms with Crippen LogP contribution in [-0.4, -0.2) is 18.6 Å². The van der Waals surface area contributed by atoms with Gasteiger partial charge in [-0.3, -0.25) is 4.79 Å². The van der Waals surface area contributed by atoms with Crippen molar-refractivity contribution >= 4 is 5.91 Å². The minimum absolute atomic E-state index is 0.00910. The average molecular weight is 329 g/mol. The lowest BCUT2D eigenvalue weighted by Crippen LogP contribution is -2.42. The van der Waals surface area contributed by atoms with Crippen LogP contribution in [0.25, 0.3) is 0 Å². The number of rotatable bonds is 5. The summed E-state index contributed by atoms with van der Waals surface area (Å²) in [6.45, 7) is 8.82. The zero-order chi connectivity index (χ0) is 17.3. The molecule has 2 aliphatic rings. The van der Waals surface area contributed by atoms with E-state index in [1.165, 1.54) is 31.2 Å². The highest BCUT2D eigenvalue weighted by atomic mass is 16.5. The van der Waals surface area contributed by atoms with Crippen LogP contribution in [0.15, 0.2) is 24.3 Å². The van der Waals surface area contributed by atoms with E-state index in [9.17, 15) is 4.79 Å². The number of hydrogen-bond donors (Lipinski definition) is 1. The van der Waals surface area contributed by atoms with Gasteiger partial charge in [-0.25, -0.2) is 0 Å². The van der Waals surface area contributed by atoms with E-state index >= 15 is 0 Å². The van der Waals surface area contributed by atoms with Gasteiger partial charge < -0.3 is 10.1 Å². The first-order chi connectivity index (χ1) is 11.3. The Labute approximate surface area is 146 Å². The van der Waals surface area contributed by atoms with Crippen molar-refractivity contribution in [1.82, 2.24) is 5.32 Å². The average Bonchev–Trinajstić information content (AvgIpc) is 3.15. The van der Waals surface area contributed by atoms with Crippen LogP contribution >= 0.6 is 0 Å². The van der Waals surface area contributed by atoms with E-state index in [0.29, 0.717) is 5.92 Å². The molecule has 3 rings (SSSR count). The number of amides is 1. The van der Waals surface area contributed by atoms with Gasteiger partial charge in [-0.15, -0.1) is 0 Å². The summed E-state index contributed by atoms with van der Waals surface area (Å²) >= 11 is 0. The van der Waals surface area contributed by atoms with E-state index in [-0.39, 0.29) is 24.0 Å². The Bertz CT molecular complexity index is 572. The van der Waals surface area contributed by atoms with Crippen molar-refractivity contribution in [2.75, 3.05) is 6.61 Å². The van der Waals surface area contributed by atoms with E-state index in [4.69, 9.17) is 4.74 Å². The molecule has 1 N–H and O–H groups in total. The summed E-state index contributed by atoms with van der Waals surface area (Å²) in [5.74, 6) is 3.16. The zero-order valence-corrected chi connectivity index (χ0v) is 15.5. The number of carbonyl (C=O) groups is 1. The number of nitrogens with one attached hydrogen (secondary N) is 1. The molecule has 3 nitrogen and oxygen atoms in total. The van der Waals surface area contributed by atoms with Crippen LogP contribution in [0.4, 0.5) is 0 Å². The minimum atomic E-state index is -0.00910. The van der Waals surface area contributed by atoms with Crippen LogP contribution in [0.1, 0.15) is 58.9 Å². The molecular weight excluding hydrogens is 298 g/mol. The summed E-state index contributed by atoms with van der Waals surface area (Å²) in [6.07, 6.45) is 5.42. The molecular formula is C21H31NO2. The maximum absolute atomic E-state index is 12.2. The number of fused-ring (bicyclic) bond motifs is 2. The molecule has 2 saturated carbocycles. The topological polar surface area (TPSA) is 38.3 Å². The van der Waals surface area contributed by atoms with Crippen LogP contribution in [0.2, 0.25) is 0 Å². The molecule has 0 radical (unpaired) electrons.